The quantitative estimate of drug-likeness (QED) is 0.883. The summed E-state index contributed by atoms with van der Waals surface area (Å²) in [4.78, 5) is 4.26. The molecule has 2 heterocycles. The second-order valence-corrected chi connectivity index (χ2v) is 4.42. The van der Waals surface area contributed by atoms with Gasteiger partial charge in [0.05, 0.1) is 11.4 Å². The first kappa shape index (κ1) is 11.0. The van der Waals surface area contributed by atoms with Crippen LogP contribution in [0, 0.1) is 0 Å². The zero-order valence-corrected chi connectivity index (χ0v) is 10.2. The molecule has 2 rings (SSSR count). The first-order valence-corrected chi connectivity index (χ1v) is 5.94. The van der Waals surface area contributed by atoms with E-state index in [0.29, 0.717) is 0 Å². The van der Waals surface area contributed by atoms with E-state index in [1.807, 2.05) is 36.9 Å². The van der Waals surface area contributed by atoms with E-state index in [0.717, 1.165) is 27.9 Å². The Hall–Kier alpha value is -1.49. The van der Waals surface area contributed by atoms with Crippen molar-refractivity contribution in [1.82, 2.24) is 14.8 Å². The molecule has 16 heavy (non-hydrogen) atoms. The monoisotopic (exact) mass is 234 g/mol. The van der Waals surface area contributed by atoms with Crippen molar-refractivity contribution >= 4 is 17.4 Å². The molecular weight excluding hydrogens is 220 g/mol. The third-order valence-electron chi connectivity index (χ3n) is 2.28. The van der Waals surface area contributed by atoms with Gasteiger partial charge in [-0.1, -0.05) is 13.0 Å². The van der Waals surface area contributed by atoms with Gasteiger partial charge >= 0.3 is 0 Å². The minimum absolute atomic E-state index is 0.764. The number of rotatable bonds is 3. The summed E-state index contributed by atoms with van der Waals surface area (Å²) in [5.74, 6) is 0. The Morgan fingerprint density at radius 2 is 2.25 bits per heavy atom. The SMILES string of the molecule is CCc1nn(C)c(Sc2ccccn2)c1N. The lowest BCUT2D eigenvalue weighted by Gasteiger charge is -2.01. The Kier molecular flexibility index (Phi) is 3.14. The number of hydrogen-bond acceptors (Lipinski definition) is 4. The molecule has 0 aliphatic heterocycles. The molecule has 4 nitrogen and oxygen atoms in total. The van der Waals surface area contributed by atoms with Crippen LogP contribution in [-0.2, 0) is 13.5 Å². The minimum atomic E-state index is 0.764. The number of anilines is 1. The molecule has 0 unspecified atom stereocenters. The fourth-order valence-electron chi connectivity index (χ4n) is 1.47. The van der Waals surface area contributed by atoms with Crippen molar-refractivity contribution in [1.29, 1.82) is 0 Å². The Bertz CT molecular complexity index is 478. The van der Waals surface area contributed by atoms with E-state index in [9.17, 15) is 0 Å². The molecule has 0 aliphatic carbocycles. The molecule has 0 spiro atoms. The molecule has 0 amide bonds. The number of nitrogens with two attached hydrogens (primary N) is 1. The van der Waals surface area contributed by atoms with Crippen LogP contribution in [0.2, 0.25) is 0 Å². The Morgan fingerprint density at radius 3 is 2.81 bits per heavy atom. The normalized spacial score (nSPS) is 10.6. The zero-order chi connectivity index (χ0) is 11.5. The standard InChI is InChI=1S/C11H14N4S/c1-3-8-10(12)11(15(2)14-8)16-9-6-4-5-7-13-9/h4-7H,3,12H2,1-2H3. The van der Waals surface area contributed by atoms with Gasteiger partial charge in [0.15, 0.2) is 0 Å². The first-order chi connectivity index (χ1) is 7.72. The van der Waals surface area contributed by atoms with Crippen LogP contribution in [0.4, 0.5) is 5.69 Å². The molecule has 0 aliphatic rings. The van der Waals surface area contributed by atoms with E-state index in [-0.39, 0.29) is 0 Å². The lowest BCUT2D eigenvalue weighted by molar-refractivity contribution is 0.687. The smallest absolute Gasteiger partial charge is 0.123 e. The minimum Gasteiger partial charge on any atom is -0.395 e. The van der Waals surface area contributed by atoms with Crippen molar-refractivity contribution in [3.05, 3.63) is 30.1 Å². The summed E-state index contributed by atoms with van der Waals surface area (Å²) in [6.45, 7) is 2.05. The summed E-state index contributed by atoms with van der Waals surface area (Å²) in [5, 5.41) is 6.25. The Morgan fingerprint density at radius 1 is 1.44 bits per heavy atom. The third-order valence-corrected chi connectivity index (χ3v) is 3.41. The van der Waals surface area contributed by atoms with E-state index in [1.54, 1.807) is 18.0 Å². The van der Waals surface area contributed by atoms with Gasteiger partial charge in [0.1, 0.15) is 10.1 Å². The van der Waals surface area contributed by atoms with Crippen LogP contribution in [0.5, 0.6) is 0 Å². The lowest BCUT2D eigenvalue weighted by atomic mass is 10.3. The van der Waals surface area contributed by atoms with Gasteiger partial charge in [-0.3, -0.25) is 4.68 Å². The van der Waals surface area contributed by atoms with Gasteiger partial charge in [0.25, 0.3) is 0 Å². The molecule has 0 saturated carbocycles. The maximum Gasteiger partial charge on any atom is 0.123 e. The Labute approximate surface area is 98.9 Å². The fourth-order valence-corrected chi connectivity index (χ4v) is 2.33. The summed E-state index contributed by atoms with van der Waals surface area (Å²) < 4.78 is 1.81. The highest BCUT2D eigenvalue weighted by atomic mass is 32.2. The molecule has 0 atom stereocenters. The lowest BCUT2D eigenvalue weighted by Crippen LogP contribution is -1.94. The van der Waals surface area contributed by atoms with Crippen LogP contribution in [0.1, 0.15) is 12.6 Å². The summed E-state index contributed by atoms with van der Waals surface area (Å²) in [7, 11) is 1.90. The second kappa shape index (κ2) is 4.57. The molecule has 0 bridgehead atoms. The molecule has 0 saturated heterocycles. The van der Waals surface area contributed by atoms with Crippen molar-refractivity contribution in [3.8, 4) is 0 Å². The van der Waals surface area contributed by atoms with Gasteiger partial charge in [-0.05, 0) is 30.3 Å². The van der Waals surface area contributed by atoms with E-state index >= 15 is 0 Å². The zero-order valence-electron chi connectivity index (χ0n) is 9.34. The highest BCUT2D eigenvalue weighted by molar-refractivity contribution is 7.99. The van der Waals surface area contributed by atoms with E-state index < -0.39 is 0 Å². The largest absolute Gasteiger partial charge is 0.395 e. The van der Waals surface area contributed by atoms with E-state index in [2.05, 4.69) is 10.1 Å². The number of nitrogens with zero attached hydrogens (tertiary/aromatic N) is 3. The second-order valence-electron chi connectivity index (χ2n) is 3.41. The third kappa shape index (κ3) is 2.04. The van der Waals surface area contributed by atoms with E-state index in [4.69, 9.17) is 5.73 Å². The van der Waals surface area contributed by atoms with Crippen molar-refractivity contribution in [3.63, 3.8) is 0 Å². The van der Waals surface area contributed by atoms with Gasteiger partial charge in [-0.25, -0.2) is 4.98 Å². The van der Waals surface area contributed by atoms with Crippen LogP contribution in [0.3, 0.4) is 0 Å². The van der Waals surface area contributed by atoms with Crippen LogP contribution in [0.25, 0.3) is 0 Å². The Balaban J connectivity index is 2.31. The van der Waals surface area contributed by atoms with E-state index in [1.165, 1.54) is 0 Å². The first-order valence-electron chi connectivity index (χ1n) is 5.12. The fraction of sp³-hybridized carbons (Fsp3) is 0.273. The van der Waals surface area contributed by atoms with Crippen molar-refractivity contribution in [2.24, 2.45) is 7.05 Å². The average molecular weight is 234 g/mol. The molecule has 2 N–H and O–H groups in total. The average Bonchev–Trinajstić information content (AvgIpc) is 2.58. The number of pyridine rings is 1. The number of hydrogen-bond donors (Lipinski definition) is 1. The predicted molar refractivity (Wildman–Crippen MR) is 65.4 cm³/mol. The molecule has 5 heteroatoms. The van der Waals surface area contributed by atoms with Crippen molar-refractivity contribution in [2.45, 2.75) is 23.4 Å². The summed E-state index contributed by atoms with van der Waals surface area (Å²) in [5.41, 5.74) is 7.74. The number of nitrogen functional groups attached to an aromatic ring is 1. The molecule has 0 fully saturated rings. The maximum absolute atomic E-state index is 6.03. The molecule has 0 radical (unpaired) electrons. The summed E-state index contributed by atoms with van der Waals surface area (Å²) in [6.07, 6.45) is 2.62. The van der Waals surface area contributed by atoms with Gasteiger partial charge in [-0.2, -0.15) is 5.10 Å². The van der Waals surface area contributed by atoms with Gasteiger partial charge in [0, 0.05) is 13.2 Å². The maximum atomic E-state index is 6.03. The molecular formula is C11H14N4S. The van der Waals surface area contributed by atoms with Crippen LogP contribution in [-0.4, -0.2) is 14.8 Å². The highest BCUT2D eigenvalue weighted by Gasteiger charge is 2.13. The predicted octanol–water partition coefficient (Wildman–Crippen LogP) is 2.11. The number of aryl methyl sites for hydroxylation is 2. The molecule has 2 aromatic rings. The van der Waals surface area contributed by atoms with Crippen molar-refractivity contribution < 1.29 is 0 Å². The number of aromatic nitrogens is 3. The van der Waals surface area contributed by atoms with Gasteiger partial charge in [0.2, 0.25) is 0 Å². The van der Waals surface area contributed by atoms with Gasteiger partial charge < -0.3 is 5.73 Å². The van der Waals surface area contributed by atoms with Gasteiger partial charge in [-0.15, -0.1) is 0 Å². The summed E-state index contributed by atoms with van der Waals surface area (Å²) >= 11 is 1.54. The van der Waals surface area contributed by atoms with Crippen LogP contribution < -0.4 is 5.73 Å². The summed E-state index contributed by atoms with van der Waals surface area (Å²) in [6, 6.07) is 5.82. The molecule has 2 aromatic heterocycles. The molecule has 84 valence electrons. The topological polar surface area (TPSA) is 56.7 Å². The van der Waals surface area contributed by atoms with Crippen LogP contribution >= 0.6 is 11.8 Å². The van der Waals surface area contributed by atoms with Crippen molar-refractivity contribution in [2.75, 3.05) is 5.73 Å². The molecule has 0 aromatic carbocycles. The van der Waals surface area contributed by atoms with Crippen LogP contribution in [0.15, 0.2) is 34.4 Å². The highest BCUT2D eigenvalue weighted by Crippen LogP contribution is 2.32.